The van der Waals surface area contributed by atoms with Gasteiger partial charge in [0, 0.05) is 0 Å². The minimum absolute atomic E-state index is 0.00404. The summed E-state index contributed by atoms with van der Waals surface area (Å²) >= 11 is 0. The first-order valence-corrected chi connectivity index (χ1v) is 32.8. The molecule has 0 aromatic carbocycles. The van der Waals surface area contributed by atoms with Gasteiger partial charge in [-0.15, -0.1) is 0 Å². The Labute approximate surface area is 449 Å². The van der Waals surface area contributed by atoms with Gasteiger partial charge in [-0.05, 0) is 32.1 Å². The molecule has 426 valence electrons. The van der Waals surface area contributed by atoms with Gasteiger partial charge in [0.25, 0.3) is 0 Å². The van der Waals surface area contributed by atoms with Gasteiger partial charge in [-0.2, -0.15) is 0 Å². The van der Waals surface area contributed by atoms with Crippen LogP contribution in [-0.4, -0.2) is 48.6 Å². The molecule has 0 aromatic heterocycles. The number of unbranched alkanes of at least 4 members (excludes halogenated alkanes) is 51. The van der Waals surface area contributed by atoms with E-state index in [9.17, 15) is 19.8 Å². The van der Waals surface area contributed by atoms with E-state index in [0.717, 1.165) is 19.3 Å². The Balaban J connectivity index is 1.68. The van der Waals surface area contributed by atoms with Crippen LogP contribution in [0.5, 0.6) is 0 Å². The summed E-state index contributed by atoms with van der Waals surface area (Å²) in [5, 5.41) is 19.2. The highest BCUT2D eigenvalue weighted by Crippen LogP contribution is 2.25. The number of aliphatic hydroxyl groups is 2. The molecule has 0 saturated carbocycles. The second-order valence-electron chi connectivity index (χ2n) is 23.5. The van der Waals surface area contributed by atoms with Gasteiger partial charge in [-0.3, -0.25) is 9.59 Å². The van der Waals surface area contributed by atoms with E-state index in [0.29, 0.717) is 6.42 Å². The van der Waals surface area contributed by atoms with Gasteiger partial charge < -0.3 is 19.7 Å². The maximum Gasteiger partial charge on any atom is 0.309 e. The van der Waals surface area contributed by atoms with Crippen LogP contribution in [0.3, 0.4) is 0 Å². The lowest BCUT2D eigenvalue weighted by Gasteiger charge is -2.27. The number of hydrogen-bond donors (Lipinski definition) is 2. The molecule has 6 heteroatoms. The molecule has 1 rings (SSSR count). The number of hydrogen-bond acceptors (Lipinski definition) is 6. The van der Waals surface area contributed by atoms with E-state index >= 15 is 0 Å². The Hall–Kier alpha value is -1.40. The molecule has 0 aliphatic carbocycles. The van der Waals surface area contributed by atoms with E-state index in [1.807, 2.05) is 0 Å². The van der Waals surface area contributed by atoms with E-state index in [1.165, 1.54) is 321 Å². The predicted octanol–water partition coefficient (Wildman–Crippen LogP) is 20.7. The van der Waals surface area contributed by atoms with Crippen molar-refractivity contribution >= 4 is 11.9 Å². The van der Waals surface area contributed by atoms with Crippen LogP contribution in [0.1, 0.15) is 360 Å². The highest BCUT2D eigenvalue weighted by atomic mass is 16.6. The summed E-state index contributed by atoms with van der Waals surface area (Å²) in [6.07, 6.45) is 80.2. The highest BCUT2D eigenvalue weighted by molar-refractivity contribution is 5.80. The normalized spacial score (nSPS) is 15.2. The maximum absolute atomic E-state index is 12.5. The molecule has 1 saturated heterocycles. The van der Waals surface area contributed by atoms with Crippen molar-refractivity contribution in [1.82, 2.24) is 0 Å². The Morgan fingerprint density at radius 3 is 0.861 bits per heavy atom. The third kappa shape index (κ3) is 47.1. The van der Waals surface area contributed by atoms with Crippen molar-refractivity contribution in [3.05, 3.63) is 12.2 Å². The van der Waals surface area contributed by atoms with Crippen LogP contribution in [-0.2, 0) is 19.1 Å². The van der Waals surface area contributed by atoms with E-state index in [-0.39, 0.29) is 19.6 Å². The SMILES string of the molecule is CCCCCCCCCCCCCCCCCCCCCCCCCCCCCCCCC/C=C/CCCCCCCCCCCCCCCCCCCCCCC1CC(=O)OCC(CO)(CO)COC1=O. The van der Waals surface area contributed by atoms with Gasteiger partial charge in [0.2, 0.25) is 0 Å². The number of rotatable bonds is 57. The molecule has 1 aliphatic rings. The maximum atomic E-state index is 12.5. The molecule has 0 aromatic rings. The number of carbonyl (C=O) groups is 2. The van der Waals surface area contributed by atoms with Crippen LogP contribution in [0, 0.1) is 11.3 Å². The number of carbonyl (C=O) groups excluding carboxylic acids is 2. The van der Waals surface area contributed by atoms with E-state index in [1.54, 1.807) is 0 Å². The molecule has 72 heavy (non-hydrogen) atoms. The van der Waals surface area contributed by atoms with Crippen molar-refractivity contribution in [2.24, 2.45) is 11.3 Å². The Morgan fingerprint density at radius 1 is 0.361 bits per heavy atom. The second kappa shape index (κ2) is 55.8. The summed E-state index contributed by atoms with van der Waals surface area (Å²) in [5.41, 5.74) is -1.12. The first kappa shape index (κ1) is 68.6. The van der Waals surface area contributed by atoms with Crippen molar-refractivity contribution < 1.29 is 29.3 Å². The summed E-state index contributed by atoms with van der Waals surface area (Å²) in [4.78, 5) is 24.7. The lowest BCUT2D eigenvalue weighted by molar-refractivity contribution is -0.155. The molecule has 0 radical (unpaired) electrons. The molecule has 1 heterocycles. The first-order chi connectivity index (χ1) is 35.6. The van der Waals surface area contributed by atoms with Crippen molar-refractivity contribution in [1.29, 1.82) is 0 Å². The lowest BCUT2D eigenvalue weighted by Crippen LogP contribution is -2.40. The molecule has 6 nitrogen and oxygen atoms in total. The third-order valence-corrected chi connectivity index (χ3v) is 16.3. The van der Waals surface area contributed by atoms with E-state index < -0.39 is 36.5 Å². The fourth-order valence-corrected chi connectivity index (χ4v) is 10.9. The summed E-state index contributed by atoms with van der Waals surface area (Å²) in [6, 6.07) is 0. The molecule has 1 fully saturated rings. The molecule has 1 unspecified atom stereocenters. The van der Waals surface area contributed by atoms with Crippen LogP contribution in [0.4, 0.5) is 0 Å². The van der Waals surface area contributed by atoms with Gasteiger partial charge in [-0.1, -0.05) is 334 Å². The van der Waals surface area contributed by atoms with Crippen molar-refractivity contribution in [2.45, 2.75) is 360 Å². The van der Waals surface area contributed by atoms with Crippen LogP contribution in [0.25, 0.3) is 0 Å². The quantitative estimate of drug-likeness (QED) is 0.0358. The molecule has 1 aliphatic heterocycles. The Bertz CT molecular complexity index is 1130. The Kier molecular flexibility index (Phi) is 53.2. The number of esters is 2. The summed E-state index contributed by atoms with van der Waals surface area (Å²) in [6.45, 7) is 1.21. The molecule has 0 bridgehead atoms. The number of cyclic esters (lactones) is 2. The standard InChI is InChI=1S/C66H126O6/c1-2-3-4-5-6-7-8-9-10-11-12-13-14-15-16-17-18-19-20-21-22-23-24-25-26-27-28-29-30-31-32-33-34-35-36-37-38-39-40-41-42-43-44-45-46-47-48-49-50-51-52-53-54-55-56-57-63-58-64(69)71-61-66(59-67,60-68)62-72-65(63)70/h34-35,63,67-68H,2-33,36-62H2,1H3/b35-34+. The summed E-state index contributed by atoms with van der Waals surface area (Å²) in [7, 11) is 0. The zero-order chi connectivity index (χ0) is 51.8. The van der Waals surface area contributed by atoms with Gasteiger partial charge in [0.15, 0.2) is 0 Å². The number of ether oxygens (including phenoxy) is 2. The molecular weight excluding hydrogens is 889 g/mol. The molecular formula is C66H126O6. The third-order valence-electron chi connectivity index (χ3n) is 16.3. The smallest absolute Gasteiger partial charge is 0.309 e. The molecule has 2 N–H and O–H groups in total. The topological polar surface area (TPSA) is 93.1 Å². The fraction of sp³-hybridized carbons (Fsp3) is 0.939. The molecule has 0 spiro atoms. The van der Waals surface area contributed by atoms with Crippen LogP contribution >= 0.6 is 0 Å². The summed E-state index contributed by atoms with van der Waals surface area (Å²) < 4.78 is 10.6. The summed E-state index contributed by atoms with van der Waals surface area (Å²) in [5.74, 6) is -1.40. The Morgan fingerprint density at radius 2 is 0.597 bits per heavy atom. The number of allylic oxidation sites excluding steroid dienone is 2. The molecule has 1 atom stereocenters. The highest BCUT2D eigenvalue weighted by Gasteiger charge is 2.36. The minimum Gasteiger partial charge on any atom is -0.465 e. The average Bonchev–Trinajstić information content (AvgIpc) is 3.45. The van der Waals surface area contributed by atoms with Gasteiger partial charge in [-0.25, -0.2) is 0 Å². The first-order valence-electron chi connectivity index (χ1n) is 32.8. The average molecular weight is 1020 g/mol. The fourth-order valence-electron chi connectivity index (χ4n) is 10.9. The largest absolute Gasteiger partial charge is 0.465 e. The zero-order valence-electron chi connectivity index (χ0n) is 48.5. The van der Waals surface area contributed by atoms with Crippen molar-refractivity contribution in [3.63, 3.8) is 0 Å². The zero-order valence-corrected chi connectivity index (χ0v) is 48.5. The van der Waals surface area contributed by atoms with E-state index in [4.69, 9.17) is 9.47 Å². The second-order valence-corrected chi connectivity index (χ2v) is 23.5. The van der Waals surface area contributed by atoms with Crippen molar-refractivity contribution in [3.8, 4) is 0 Å². The monoisotopic (exact) mass is 1010 g/mol. The van der Waals surface area contributed by atoms with Gasteiger partial charge >= 0.3 is 11.9 Å². The minimum atomic E-state index is -1.12. The van der Waals surface area contributed by atoms with E-state index in [2.05, 4.69) is 19.1 Å². The van der Waals surface area contributed by atoms with Gasteiger partial charge in [0.05, 0.1) is 31.0 Å². The van der Waals surface area contributed by atoms with Crippen LogP contribution in [0.15, 0.2) is 12.2 Å². The van der Waals surface area contributed by atoms with Crippen LogP contribution in [0.2, 0.25) is 0 Å². The lowest BCUT2D eigenvalue weighted by atomic mass is 9.92. The van der Waals surface area contributed by atoms with Gasteiger partial charge in [0.1, 0.15) is 13.2 Å². The number of aliphatic hydroxyl groups excluding tert-OH is 2. The van der Waals surface area contributed by atoms with Crippen molar-refractivity contribution in [2.75, 3.05) is 26.4 Å². The predicted molar refractivity (Wildman–Crippen MR) is 311 cm³/mol. The molecule has 0 amide bonds. The van der Waals surface area contributed by atoms with Crippen LogP contribution < -0.4 is 0 Å².